The lowest BCUT2D eigenvalue weighted by Crippen LogP contribution is -2.16. The molecule has 8 heteroatoms. The van der Waals surface area contributed by atoms with Gasteiger partial charge in [0.1, 0.15) is 16.4 Å². The molecule has 1 N–H and O–H groups in total. The highest BCUT2D eigenvalue weighted by Gasteiger charge is 2.34. The molecule has 0 aromatic heterocycles. The topological polar surface area (TPSA) is 64.6 Å². The average molecular weight is 386 g/mol. The summed E-state index contributed by atoms with van der Waals surface area (Å²) >= 11 is 12.0. The molecule has 126 valence electrons. The zero-order chi connectivity index (χ0) is 16.9. The number of hydrogen-bond donors (Lipinski definition) is 1. The van der Waals surface area contributed by atoms with E-state index in [0.29, 0.717) is 48.1 Å². The van der Waals surface area contributed by atoms with Gasteiger partial charge in [0.05, 0.1) is 23.9 Å². The van der Waals surface area contributed by atoms with E-state index in [4.69, 9.17) is 32.7 Å². The van der Waals surface area contributed by atoms with Gasteiger partial charge in [0.25, 0.3) is 10.0 Å². The second-order valence-electron chi connectivity index (χ2n) is 5.60. The Bertz CT molecular complexity index is 911. The number of halogens is 2. The fourth-order valence-electron chi connectivity index (χ4n) is 3.00. The van der Waals surface area contributed by atoms with Crippen molar-refractivity contribution in [3.05, 3.63) is 45.4 Å². The van der Waals surface area contributed by atoms with Gasteiger partial charge in [0, 0.05) is 29.0 Å². The Morgan fingerprint density at radius 1 is 1.04 bits per heavy atom. The lowest BCUT2D eigenvalue weighted by atomic mass is 10.1. The van der Waals surface area contributed by atoms with Gasteiger partial charge in [0.2, 0.25) is 0 Å². The minimum atomic E-state index is -3.90. The van der Waals surface area contributed by atoms with Gasteiger partial charge in [-0.2, -0.15) is 0 Å². The molecule has 0 saturated carbocycles. The molecule has 24 heavy (non-hydrogen) atoms. The third kappa shape index (κ3) is 2.59. The maximum absolute atomic E-state index is 13.0. The number of ether oxygens (including phenoxy) is 2. The fourth-order valence-corrected chi connectivity index (χ4v) is 4.91. The van der Waals surface area contributed by atoms with E-state index in [9.17, 15) is 8.42 Å². The molecule has 2 heterocycles. The molecule has 0 fully saturated rings. The maximum Gasteiger partial charge on any atom is 0.266 e. The normalized spacial score (nSPS) is 15.4. The van der Waals surface area contributed by atoms with Gasteiger partial charge in [-0.25, -0.2) is 8.42 Å². The Balaban J connectivity index is 1.85. The maximum atomic E-state index is 13.0. The molecule has 5 nitrogen and oxygen atoms in total. The van der Waals surface area contributed by atoms with Gasteiger partial charge >= 0.3 is 0 Å². The van der Waals surface area contributed by atoms with Crippen LogP contribution in [-0.2, 0) is 22.9 Å². The first kappa shape index (κ1) is 15.9. The molecule has 0 amide bonds. The number of hydrogen-bond acceptors (Lipinski definition) is 4. The highest BCUT2D eigenvalue weighted by molar-refractivity contribution is 7.93. The summed E-state index contributed by atoms with van der Waals surface area (Å²) in [4.78, 5) is 0.140. The van der Waals surface area contributed by atoms with Crippen molar-refractivity contribution in [2.24, 2.45) is 0 Å². The largest absolute Gasteiger partial charge is 0.493 e. The lowest BCUT2D eigenvalue weighted by Gasteiger charge is -2.15. The number of benzene rings is 2. The monoisotopic (exact) mass is 385 g/mol. The molecule has 2 aliphatic rings. The van der Waals surface area contributed by atoms with Crippen LogP contribution in [0.15, 0.2) is 29.2 Å². The average Bonchev–Trinajstić information content (AvgIpc) is 3.16. The number of anilines is 1. The van der Waals surface area contributed by atoms with Crippen LogP contribution in [0.4, 0.5) is 5.69 Å². The third-order valence-corrected chi connectivity index (χ3v) is 6.07. The minimum Gasteiger partial charge on any atom is -0.493 e. The van der Waals surface area contributed by atoms with Crippen molar-refractivity contribution >= 4 is 38.9 Å². The van der Waals surface area contributed by atoms with E-state index in [1.54, 1.807) is 12.1 Å². The fraction of sp³-hybridized carbons (Fsp3) is 0.250. The molecule has 4 rings (SSSR count). The molecule has 2 aromatic carbocycles. The predicted octanol–water partition coefficient (Wildman–Crippen LogP) is 3.66. The van der Waals surface area contributed by atoms with E-state index in [1.165, 1.54) is 6.07 Å². The molecule has 0 spiro atoms. The Morgan fingerprint density at radius 2 is 1.83 bits per heavy atom. The van der Waals surface area contributed by atoms with Gasteiger partial charge in [0.15, 0.2) is 0 Å². The molecule has 0 radical (unpaired) electrons. The van der Waals surface area contributed by atoms with Crippen LogP contribution >= 0.6 is 23.2 Å². The lowest BCUT2D eigenvalue weighted by molar-refractivity contribution is 0.348. The minimum absolute atomic E-state index is 0.140. The number of sulfonamides is 1. The van der Waals surface area contributed by atoms with Crippen LogP contribution < -0.4 is 14.2 Å². The van der Waals surface area contributed by atoms with Crippen molar-refractivity contribution in [3.63, 3.8) is 0 Å². The van der Waals surface area contributed by atoms with E-state index in [0.717, 1.165) is 5.56 Å². The summed E-state index contributed by atoms with van der Waals surface area (Å²) in [5.41, 5.74) is 1.71. The number of fused-ring (bicyclic) bond motifs is 2. The van der Waals surface area contributed by atoms with E-state index in [1.807, 2.05) is 6.07 Å². The van der Waals surface area contributed by atoms with Crippen LogP contribution in [0, 0.1) is 0 Å². The molecule has 0 aliphatic carbocycles. The predicted molar refractivity (Wildman–Crippen MR) is 92.1 cm³/mol. The van der Waals surface area contributed by atoms with Gasteiger partial charge in [-0.05, 0) is 24.3 Å². The summed E-state index contributed by atoms with van der Waals surface area (Å²) in [6, 6.07) is 6.48. The number of nitrogens with one attached hydrogen (secondary N) is 1. The zero-order valence-electron chi connectivity index (χ0n) is 12.4. The van der Waals surface area contributed by atoms with Gasteiger partial charge in [-0.1, -0.05) is 23.2 Å². The van der Waals surface area contributed by atoms with E-state index in [-0.39, 0.29) is 15.6 Å². The summed E-state index contributed by atoms with van der Waals surface area (Å²) < 4.78 is 39.8. The standard InChI is InChI=1S/C16H13Cl2NO4S/c17-10-1-2-12(18)13(8-10)19-24(20,21)16-11-4-6-22-14(11)7-9-3-5-23-15(9)16/h1-2,7-8,19H,3-6H2. The molecule has 2 aliphatic heterocycles. The van der Waals surface area contributed by atoms with Gasteiger partial charge in [-0.3, -0.25) is 4.72 Å². The molecule has 0 saturated heterocycles. The van der Waals surface area contributed by atoms with Crippen LogP contribution in [0.1, 0.15) is 11.1 Å². The summed E-state index contributed by atoms with van der Waals surface area (Å²) in [7, 11) is -3.90. The van der Waals surface area contributed by atoms with Crippen LogP contribution in [0.2, 0.25) is 10.0 Å². The highest BCUT2D eigenvalue weighted by Crippen LogP contribution is 2.44. The molecular weight excluding hydrogens is 373 g/mol. The van der Waals surface area contributed by atoms with Gasteiger partial charge in [-0.15, -0.1) is 0 Å². The Morgan fingerprint density at radius 3 is 2.67 bits per heavy atom. The van der Waals surface area contributed by atoms with Crippen LogP contribution in [0.25, 0.3) is 0 Å². The van der Waals surface area contributed by atoms with Crippen LogP contribution in [0.5, 0.6) is 11.5 Å². The highest BCUT2D eigenvalue weighted by atomic mass is 35.5. The summed E-state index contributed by atoms with van der Waals surface area (Å²) in [5, 5.41) is 0.657. The van der Waals surface area contributed by atoms with E-state index in [2.05, 4.69) is 4.72 Å². The second-order valence-corrected chi connectivity index (χ2v) is 8.06. The molecular formula is C16H13Cl2NO4S. The Kier molecular flexibility index (Phi) is 3.78. The quantitative estimate of drug-likeness (QED) is 0.875. The number of rotatable bonds is 3. The smallest absolute Gasteiger partial charge is 0.266 e. The van der Waals surface area contributed by atoms with Crippen LogP contribution in [-0.4, -0.2) is 21.6 Å². The Hall–Kier alpha value is -1.63. The van der Waals surface area contributed by atoms with Crippen molar-refractivity contribution in [1.29, 1.82) is 0 Å². The SMILES string of the molecule is O=S(=O)(Nc1cc(Cl)ccc1Cl)c1c2c(cc3c1OCC3)OCC2. The molecule has 0 atom stereocenters. The second kappa shape index (κ2) is 5.72. The third-order valence-electron chi connectivity index (χ3n) is 4.04. The van der Waals surface area contributed by atoms with Crippen molar-refractivity contribution in [3.8, 4) is 11.5 Å². The van der Waals surface area contributed by atoms with E-state index >= 15 is 0 Å². The van der Waals surface area contributed by atoms with Crippen molar-refractivity contribution in [2.45, 2.75) is 17.7 Å². The Labute approximate surface area is 149 Å². The molecule has 2 aromatic rings. The van der Waals surface area contributed by atoms with Gasteiger partial charge < -0.3 is 9.47 Å². The first-order valence-electron chi connectivity index (χ1n) is 7.38. The van der Waals surface area contributed by atoms with E-state index < -0.39 is 10.0 Å². The van der Waals surface area contributed by atoms with Crippen LogP contribution in [0.3, 0.4) is 0 Å². The van der Waals surface area contributed by atoms with Crippen molar-refractivity contribution < 1.29 is 17.9 Å². The first-order chi connectivity index (χ1) is 11.5. The van der Waals surface area contributed by atoms with Crippen molar-refractivity contribution in [2.75, 3.05) is 17.9 Å². The molecule has 0 bridgehead atoms. The summed E-state index contributed by atoms with van der Waals surface area (Å²) in [6.45, 7) is 0.914. The molecule has 0 unspecified atom stereocenters. The first-order valence-corrected chi connectivity index (χ1v) is 9.62. The summed E-state index contributed by atoms with van der Waals surface area (Å²) in [5.74, 6) is 1.02. The zero-order valence-corrected chi connectivity index (χ0v) is 14.8. The summed E-state index contributed by atoms with van der Waals surface area (Å²) in [6.07, 6.45) is 1.18. The van der Waals surface area contributed by atoms with Crippen molar-refractivity contribution in [1.82, 2.24) is 0 Å².